The van der Waals surface area contributed by atoms with Crippen molar-refractivity contribution in [1.29, 1.82) is 0 Å². The van der Waals surface area contributed by atoms with E-state index in [0.29, 0.717) is 21.2 Å². The van der Waals surface area contributed by atoms with Gasteiger partial charge in [0.15, 0.2) is 0 Å². The quantitative estimate of drug-likeness (QED) is 0.417. The second-order valence-corrected chi connectivity index (χ2v) is 12.1. The van der Waals surface area contributed by atoms with Crippen molar-refractivity contribution < 1.29 is 10.2 Å². The minimum absolute atomic E-state index is 0.00937. The van der Waals surface area contributed by atoms with Crippen molar-refractivity contribution in [2.45, 2.75) is 90.1 Å². The van der Waals surface area contributed by atoms with Crippen LogP contribution in [0.2, 0.25) is 10.0 Å². The van der Waals surface area contributed by atoms with Gasteiger partial charge in [-0.15, -0.1) is 0 Å². The summed E-state index contributed by atoms with van der Waals surface area (Å²) in [6.45, 7) is 12.3. The monoisotopic (exact) mass is 502 g/mol. The Hall–Kier alpha value is -2.04. The molecule has 1 aliphatic rings. The zero-order chi connectivity index (χ0) is 25.3. The van der Waals surface area contributed by atoms with E-state index >= 15 is 0 Å². The Balaban J connectivity index is 1.88. The fourth-order valence-corrected chi connectivity index (χ4v) is 4.83. The second-order valence-electron chi connectivity index (χ2n) is 11.3. The van der Waals surface area contributed by atoms with Gasteiger partial charge in [-0.05, 0) is 47.9 Å². The van der Waals surface area contributed by atoms with E-state index in [1.807, 2.05) is 53.7 Å². The molecule has 1 fully saturated rings. The smallest absolute Gasteiger partial charge is 0.128 e. The molecule has 0 aromatic heterocycles. The van der Waals surface area contributed by atoms with Gasteiger partial charge in [-0.2, -0.15) is 0 Å². The first kappa shape index (κ1) is 26.6. The van der Waals surface area contributed by atoms with Crippen molar-refractivity contribution in [2.75, 3.05) is 0 Å². The Morgan fingerprint density at radius 1 is 0.706 bits per heavy atom. The number of phenolic OH excluding ortho intramolecular Hbond substituents is 2. The Bertz CT molecular complexity index is 1010. The molecule has 1 saturated carbocycles. The molecule has 2 aromatic rings. The first-order valence-corrected chi connectivity index (χ1v) is 12.7. The van der Waals surface area contributed by atoms with E-state index in [1.54, 1.807) is 24.6 Å². The first-order valence-electron chi connectivity index (χ1n) is 11.9. The van der Waals surface area contributed by atoms with Crippen LogP contribution >= 0.6 is 23.2 Å². The number of hydrogen-bond donors (Lipinski definition) is 2. The summed E-state index contributed by atoms with van der Waals surface area (Å²) in [5.41, 5.74) is 2.36. The summed E-state index contributed by atoms with van der Waals surface area (Å²) in [7, 11) is 0. The van der Waals surface area contributed by atoms with E-state index in [1.165, 1.54) is 0 Å². The normalized spacial score (nSPS) is 19.9. The highest BCUT2D eigenvalue weighted by Crippen LogP contribution is 2.37. The lowest BCUT2D eigenvalue weighted by molar-refractivity contribution is 0.390. The van der Waals surface area contributed by atoms with Gasteiger partial charge in [-0.25, -0.2) is 0 Å². The molecule has 3 rings (SSSR count). The van der Waals surface area contributed by atoms with Gasteiger partial charge in [-0.1, -0.05) is 77.6 Å². The largest absolute Gasteiger partial charge is 0.507 e. The molecule has 34 heavy (non-hydrogen) atoms. The molecular weight excluding hydrogens is 467 g/mol. The van der Waals surface area contributed by atoms with Gasteiger partial charge in [-0.3, -0.25) is 9.98 Å². The number of phenols is 2. The maximum absolute atomic E-state index is 10.8. The van der Waals surface area contributed by atoms with Crippen LogP contribution in [0.1, 0.15) is 89.5 Å². The Kier molecular flexibility index (Phi) is 8.04. The van der Waals surface area contributed by atoms with Crippen LogP contribution in [0.25, 0.3) is 0 Å². The van der Waals surface area contributed by atoms with E-state index < -0.39 is 0 Å². The lowest BCUT2D eigenvalue weighted by atomic mass is 9.85. The van der Waals surface area contributed by atoms with Gasteiger partial charge in [0.25, 0.3) is 0 Å². The highest BCUT2D eigenvalue weighted by molar-refractivity contribution is 6.31. The molecule has 0 amide bonds. The topological polar surface area (TPSA) is 65.2 Å². The first-order chi connectivity index (χ1) is 15.8. The van der Waals surface area contributed by atoms with Gasteiger partial charge in [0.05, 0.1) is 12.1 Å². The van der Waals surface area contributed by atoms with Crippen molar-refractivity contribution in [1.82, 2.24) is 0 Å². The van der Waals surface area contributed by atoms with E-state index in [-0.39, 0.29) is 34.4 Å². The van der Waals surface area contributed by atoms with Gasteiger partial charge in [0.2, 0.25) is 0 Å². The standard InChI is InChI=1S/C28H36Cl2N2O2/c1-27(2,3)21-13-19(29)11-17(25(21)33)15-31-23-9-7-8-10-24(23)32-16-18-12-20(30)14-22(26(18)34)28(4,5)6/h11-16,23-24,33-34H,7-10H2,1-6H3. The lowest BCUT2D eigenvalue weighted by Crippen LogP contribution is -2.27. The Morgan fingerprint density at radius 3 is 1.38 bits per heavy atom. The van der Waals surface area contributed by atoms with Crippen molar-refractivity contribution in [3.05, 3.63) is 56.6 Å². The third-order valence-corrected chi connectivity index (χ3v) is 6.76. The zero-order valence-electron chi connectivity index (χ0n) is 21.0. The summed E-state index contributed by atoms with van der Waals surface area (Å²) in [6.07, 6.45) is 7.45. The molecule has 4 nitrogen and oxygen atoms in total. The van der Waals surface area contributed by atoms with Gasteiger partial charge < -0.3 is 10.2 Å². The van der Waals surface area contributed by atoms with Crippen molar-refractivity contribution in [3.8, 4) is 11.5 Å². The maximum atomic E-state index is 10.8. The fourth-order valence-electron chi connectivity index (χ4n) is 4.37. The molecular formula is C28H36Cl2N2O2. The highest BCUT2D eigenvalue weighted by Gasteiger charge is 2.25. The minimum atomic E-state index is -0.236. The van der Waals surface area contributed by atoms with Gasteiger partial charge >= 0.3 is 0 Å². The number of rotatable bonds is 4. The van der Waals surface area contributed by atoms with Crippen LogP contribution in [0.3, 0.4) is 0 Å². The Morgan fingerprint density at radius 2 is 1.06 bits per heavy atom. The molecule has 184 valence electrons. The van der Waals surface area contributed by atoms with Crippen LogP contribution < -0.4 is 0 Å². The zero-order valence-corrected chi connectivity index (χ0v) is 22.5. The molecule has 0 radical (unpaired) electrons. The van der Waals surface area contributed by atoms with E-state index in [2.05, 4.69) is 0 Å². The second kappa shape index (κ2) is 10.3. The van der Waals surface area contributed by atoms with Gasteiger partial charge in [0, 0.05) is 44.7 Å². The van der Waals surface area contributed by atoms with Crippen LogP contribution in [0.4, 0.5) is 0 Å². The molecule has 2 aromatic carbocycles. The van der Waals surface area contributed by atoms with Crippen molar-refractivity contribution >= 4 is 35.6 Å². The van der Waals surface area contributed by atoms with Crippen LogP contribution in [-0.4, -0.2) is 34.7 Å². The molecule has 0 heterocycles. The SMILES string of the molecule is CC(C)(C)c1cc(Cl)cc(C=NC2CCCCC2N=Cc2cc(Cl)cc(C(C)(C)C)c2O)c1O. The summed E-state index contributed by atoms with van der Waals surface area (Å²) in [5.74, 6) is 0.435. The molecule has 2 unspecified atom stereocenters. The van der Waals surface area contributed by atoms with E-state index in [4.69, 9.17) is 33.2 Å². The fraction of sp³-hybridized carbons (Fsp3) is 0.500. The summed E-state index contributed by atoms with van der Waals surface area (Å²) < 4.78 is 0. The van der Waals surface area contributed by atoms with Crippen LogP contribution in [0.5, 0.6) is 11.5 Å². The molecule has 0 bridgehead atoms. The number of hydrogen-bond acceptors (Lipinski definition) is 4. The summed E-state index contributed by atoms with van der Waals surface area (Å²) in [6, 6.07) is 7.09. The summed E-state index contributed by atoms with van der Waals surface area (Å²) in [5, 5.41) is 22.8. The third kappa shape index (κ3) is 6.34. The molecule has 6 heteroatoms. The maximum Gasteiger partial charge on any atom is 0.128 e. The summed E-state index contributed by atoms with van der Waals surface area (Å²) >= 11 is 12.7. The summed E-state index contributed by atoms with van der Waals surface area (Å²) in [4.78, 5) is 9.65. The molecule has 0 saturated heterocycles. The number of aromatic hydroxyl groups is 2. The molecule has 1 aliphatic carbocycles. The van der Waals surface area contributed by atoms with Crippen LogP contribution in [0.15, 0.2) is 34.3 Å². The van der Waals surface area contributed by atoms with Crippen molar-refractivity contribution in [2.24, 2.45) is 9.98 Å². The van der Waals surface area contributed by atoms with Crippen LogP contribution in [-0.2, 0) is 10.8 Å². The Labute approximate surface area is 213 Å². The minimum Gasteiger partial charge on any atom is -0.507 e. The number of benzene rings is 2. The van der Waals surface area contributed by atoms with Gasteiger partial charge in [0.1, 0.15) is 11.5 Å². The van der Waals surface area contributed by atoms with Crippen molar-refractivity contribution in [3.63, 3.8) is 0 Å². The van der Waals surface area contributed by atoms with E-state index in [9.17, 15) is 10.2 Å². The predicted octanol–water partition coefficient (Wildman–Crippen LogP) is 7.85. The van der Waals surface area contributed by atoms with E-state index in [0.717, 1.165) is 36.8 Å². The molecule has 2 N–H and O–H groups in total. The van der Waals surface area contributed by atoms with Crippen LogP contribution in [0, 0.1) is 0 Å². The molecule has 0 aliphatic heterocycles. The predicted molar refractivity (Wildman–Crippen MR) is 145 cm³/mol. The number of aliphatic imine (C=N–C) groups is 2. The number of halogens is 2. The molecule has 0 spiro atoms. The highest BCUT2D eigenvalue weighted by atomic mass is 35.5. The average molecular weight is 504 g/mol. The number of nitrogens with zero attached hydrogens (tertiary/aromatic N) is 2. The third-order valence-electron chi connectivity index (χ3n) is 6.33. The lowest BCUT2D eigenvalue weighted by Gasteiger charge is -2.26. The molecule has 2 atom stereocenters. The average Bonchev–Trinajstić information content (AvgIpc) is 2.73.